The van der Waals surface area contributed by atoms with E-state index in [1.807, 2.05) is 6.07 Å². The van der Waals surface area contributed by atoms with Gasteiger partial charge in [0.1, 0.15) is 0 Å². The number of nitrogens with two attached hydrogens (primary N) is 1. The van der Waals surface area contributed by atoms with Crippen LogP contribution in [0.1, 0.15) is 11.1 Å². The maximum atomic E-state index is 6.37. The molecule has 0 aliphatic carbocycles. The van der Waals surface area contributed by atoms with Crippen LogP contribution in [0.25, 0.3) is 0 Å². The van der Waals surface area contributed by atoms with Crippen LogP contribution in [0.2, 0.25) is 5.02 Å². The molecule has 0 spiro atoms. The third-order valence-corrected chi connectivity index (χ3v) is 3.47. The maximum Gasteiger partial charge on any atom is 0.0683 e. The van der Waals surface area contributed by atoms with E-state index >= 15 is 0 Å². The zero-order valence-electron chi connectivity index (χ0n) is 10.4. The van der Waals surface area contributed by atoms with Crippen LogP contribution in [-0.2, 0) is 4.74 Å². The highest BCUT2D eigenvalue weighted by molar-refractivity contribution is 6.33. The van der Waals surface area contributed by atoms with Gasteiger partial charge in [0.05, 0.1) is 30.0 Å². The molecule has 1 saturated heterocycles. The van der Waals surface area contributed by atoms with Gasteiger partial charge in [-0.05, 0) is 31.0 Å². The molecule has 1 unspecified atom stereocenters. The summed E-state index contributed by atoms with van der Waals surface area (Å²) >= 11 is 6.37. The molecular weight excluding hydrogens is 236 g/mol. The zero-order chi connectivity index (χ0) is 12.4. The summed E-state index contributed by atoms with van der Waals surface area (Å²) in [6.45, 7) is 7.01. The van der Waals surface area contributed by atoms with Crippen molar-refractivity contribution in [2.45, 2.75) is 19.9 Å². The van der Waals surface area contributed by atoms with Crippen LogP contribution in [0.3, 0.4) is 0 Å². The van der Waals surface area contributed by atoms with Crippen LogP contribution in [0.15, 0.2) is 12.1 Å². The Hall–Kier alpha value is -0.770. The topological polar surface area (TPSA) is 38.5 Å². The van der Waals surface area contributed by atoms with Crippen molar-refractivity contribution < 1.29 is 4.74 Å². The van der Waals surface area contributed by atoms with Gasteiger partial charge in [0.25, 0.3) is 0 Å². The van der Waals surface area contributed by atoms with Crippen molar-refractivity contribution in [2.24, 2.45) is 5.73 Å². The highest BCUT2D eigenvalue weighted by atomic mass is 35.5. The van der Waals surface area contributed by atoms with Crippen LogP contribution >= 0.6 is 11.6 Å². The van der Waals surface area contributed by atoms with Crippen LogP contribution in [0.4, 0.5) is 5.69 Å². The Morgan fingerprint density at radius 1 is 1.47 bits per heavy atom. The zero-order valence-corrected chi connectivity index (χ0v) is 11.1. The van der Waals surface area contributed by atoms with E-state index in [1.54, 1.807) is 0 Å². The number of rotatable bonds is 2. The minimum absolute atomic E-state index is 0.225. The van der Waals surface area contributed by atoms with Crippen molar-refractivity contribution in [3.63, 3.8) is 0 Å². The normalized spacial score (nSPS) is 20.7. The van der Waals surface area contributed by atoms with Crippen molar-refractivity contribution in [2.75, 3.05) is 31.2 Å². The van der Waals surface area contributed by atoms with E-state index in [2.05, 4.69) is 24.8 Å². The van der Waals surface area contributed by atoms with E-state index in [0.29, 0.717) is 13.2 Å². The standard InChI is InChI=1S/C13H19ClN2O/c1-9-5-10(2)13(12(14)6-9)16-3-4-17-8-11(16)7-15/h5-6,11H,3-4,7-8,15H2,1-2H3. The van der Waals surface area contributed by atoms with Gasteiger partial charge in [-0.25, -0.2) is 0 Å². The third-order valence-electron chi connectivity index (χ3n) is 3.19. The van der Waals surface area contributed by atoms with Gasteiger partial charge in [-0.3, -0.25) is 0 Å². The van der Waals surface area contributed by atoms with Gasteiger partial charge < -0.3 is 15.4 Å². The summed E-state index contributed by atoms with van der Waals surface area (Å²) in [5.74, 6) is 0. The van der Waals surface area contributed by atoms with Gasteiger partial charge in [-0.1, -0.05) is 17.7 Å². The average molecular weight is 255 g/mol. The molecule has 0 radical (unpaired) electrons. The molecule has 17 heavy (non-hydrogen) atoms. The second-order valence-corrected chi connectivity index (χ2v) is 4.98. The lowest BCUT2D eigenvalue weighted by Crippen LogP contribution is -2.49. The van der Waals surface area contributed by atoms with Crippen molar-refractivity contribution in [1.82, 2.24) is 0 Å². The number of benzene rings is 1. The molecule has 0 bridgehead atoms. The predicted molar refractivity (Wildman–Crippen MR) is 71.9 cm³/mol. The first kappa shape index (κ1) is 12.7. The van der Waals surface area contributed by atoms with Gasteiger partial charge in [-0.15, -0.1) is 0 Å². The van der Waals surface area contributed by atoms with Crippen LogP contribution in [0, 0.1) is 13.8 Å². The smallest absolute Gasteiger partial charge is 0.0683 e. The number of aryl methyl sites for hydroxylation is 2. The van der Waals surface area contributed by atoms with E-state index < -0.39 is 0 Å². The molecule has 0 saturated carbocycles. The van der Waals surface area contributed by atoms with E-state index in [-0.39, 0.29) is 6.04 Å². The molecule has 0 aromatic heterocycles. The van der Waals surface area contributed by atoms with Crippen LogP contribution in [-0.4, -0.2) is 32.3 Å². The largest absolute Gasteiger partial charge is 0.377 e. The molecule has 94 valence electrons. The Morgan fingerprint density at radius 3 is 2.88 bits per heavy atom. The number of ether oxygens (including phenoxy) is 1. The van der Waals surface area contributed by atoms with Gasteiger partial charge in [0, 0.05) is 13.1 Å². The molecule has 1 aliphatic heterocycles. The number of morpholine rings is 1. The quantitative estimate of drug-likeness (QED) is 0.879. The molecule has 1 fully saturated rings. The molecule has 1 heterocycles. The number of halogens is 1. The van der Waals surface area contributed by atoms with Crippen LogP contribution in [0.5, 0.6) is 0 Å². The van der Waals surface area contributed by atoms with Crippen molar-refractivity contribution >= 4 is 17.3 Å². The van der Waals surface area contributed by atoms with Crippen molar-refractivity contribution in [3.8, 4) is 0 Å². The first-order chi connectivity index (χ1) is 8.13. The van der Waals surface area contributed by atoms with Crippen molar-refractivity contribution in [1.29, 1.82) is 0 Å². The Balaban J connectivity index is 2.38. The van der Waals surface area contributed by atoms with Gasteiger partial charge in [-0.2, -0.15) is 0 Å². The molecule has 4 heteroatoms. The van der Waals surface area contributed by atoms with Gasteiger partial charge in [0.15, 0.2) is 0 Å². The molecule has 0 amide bonds. The lowest BCUT2D eigenvalue weighted by molar-refractivity contribution is 0.0962. The molecule has 1 atom stereocenters. The second-order valence-electron chi connectivity index (χ2n) is 4.57. The average Bonchev–Trinajstić information content (AvgIpc) is 2.28. The molecule has 2 N–H and O–H groups in total. The fourth-order valence-electron chi connectivity index (χ4n) is 2.42. The Bertz CT molecular complexity index is 385. The summed E-state index contributed by atoms with van der Waals surface area (Å²) in [6.07, 6.45) is 0. The number of hydrogen-bond donors (Lipinski definition) is 1. The molecule has 1 aliphatic rings. The second kappa shape index (κ2) is 5.25. The van der Waals surface area contributed by atoms with Gasteiger partial charge >= 0.3 is 0 Å². The SMILES string of the molecule is Cc1cc(C)c(N2CCOCC2CN)c(Cl)c1. The van der Waals surface area contributed by atoms with E-state index in [0.717, 1.165) is 23.9 Å². The lowest BCUT2D eigenvalue weighted by Gasteiger charge is -2.38. The Kier molecular flexibility index (Phi) is 3.92. The summed E-state index contributed by atoms with van der Waals surface area (Å²) < 4.78 is 5.46. The first-order valence-corrected chi connectivity index (χ1v) is 6.32. The third kappa shape index (κ3) is 2.57. The highest BCUT2D eigenvalue weighted by Crippen LogP contribution is 2.32. The van der Waals surface area contributed by atoms with Gasteiger partial charge in [0.2, 0.25) is 0 Å². The molecule has 1 aromatic carbocycles. The number of hydrogen-bond acceptors (Lipinski definition) is 3. The lowest BCUT2D eigenvalue weighted by atomic mass is 10.1. The maximum absolute atomic E-state index is 6.37. The van der Waals surface area contributed by atoms with E-state index in [1.165, 1.54) is 11.1 Å². The predicted octanol–water partition coefficient (Wildman–Crippen LogP) is 2.12. The Morgan fingerprint density at radius 2 is 2.24 bits per heavy atom. The van der Waals surface area contributed by atoms with Crippen molar-refractivity contribution in [3.05, 3.63) is 28.3 Å². The van der Waals surface area contributed by atoms with Crippen LogP contribution < -0.4 is 10.6 Å². The number of anilines is 1. The molecule has 3 nitrogen and oxygen atoms in total. The monoisotopic (exact) mass is 254 g/mol. The van der Waals surface area contributed by atoms with E-state index in [4.69, 9.17) is 22.1 Å². The summed E-state index contributed by atoms with van der Waals surface area (Å²) in [7, 11) is 0. The first-order valence-electron chi connectivity index (χ1n) is 5.94. The highest BCUT2D eigenvalue weighted by Gasteiger charge is 2.24. The summed E-state index contributed by atoms with van der Waals surface area (Å²) in [5.41, 5.74) is 9.30. The molecule has 2 rings (SSSR count). The fourth-order valence-corrected chi connectivity index (χ4v) is 2.85. The minimum Gasteiger partial charge on any atom is -0.377 e. The summed E-state index contributed by atoms with van der Waals surface area (Å²) in [5, 5.41) is 0.808. The molecule has 1 aromatic rings. The Labute approximate surface area is 107 Å². The summed E-state index contributed by atoms with van der Waals surface area (Å²) in [4.78, 5) is 2.28. The fraction of sp³-hybridized carbons (Fsp3) is 0.538. The van der Waals surface area contributed by atoms with E-state index in [9.17, 15) is 0 Å². The molecular formula is C13H19ClN2O. The summed E-state index contributed by atoms with van der Waals surface area (Å²) in [6, 6.07) is 4.39. The minimum atomic E-state index is 0.225. The number of nitrogens with zero attached hydrogens (tertiary/aromatic N) is 1.